The number of ether oxygens (including phenoxy) is 3. The minimum Gasteiger partial charge on any atom is -0.462 e. The Morgan fingerprint density at radius 2 is 0.481 bits per heavy atom. The molecule has 0 rings (SSSR count). The Kier molecular flexibility index (Phi) is 65.2. The number of carbonyl (C=O) groups is 3. The highest BCUT2D eigenvalue weighted by Gasteiger charge is 2.19. The molecule has 0 aromatic heterocycles. The zero-order chi connectivity index (χ0) is 58.5. The van der Waals surface area contributed by atoms with E-state index in [0.29, 0.717) is 19.3 Å². The first-order chi connectivity index (χ1) is 40.0. The Bertz CT molecular complexity index is 1620. The van der Waals surface area contributed by atoms with Crippen LogP contribution in [-0.4, -0.2) is 37.2 Å². The van der Waals surface area contributed by atoms with Gasteiger partial charge in [-0.1, -0.05) is 291 Å². The van der Waals surface area contributed by atoms with Crippen LogP contribution in [0, 0.1) is 0 Å². The zero-order valence-corrected chi connectivity index (χ0v) is 53.3. The Hall–Kier alpha value is -3.93. The standard InChI is InChI=1S/C75H128O6/c1-4-7-10-13-16-19-22-25-28-31-34-36-37-39-41-44-47-50-53-56-59-62-65-68-74(77)80-71-72(70-79-73(76)67-64-61-58-55-52-49-46-43-40-33-30-27-24-21-18-15-12-9-6-3)81-75(78)69-66-63-60-57-54-51-48-45-42-38-35-32-29-26-23-20-17-14-11-8-5-2/h9,12,18,21,23,26-27,30-32,34-35,40,42-43,45,49,52,72H,4-8,10-11,13-17,19-20,22,24-25,28-29,33,36-39,41,44,46-48,50-51,53-71H2,1-3H3/b12-9-,21-18-,26-23-,30-27-,34-31-,35-32-,43-40-,45-42-,52-49-. The van der Waals surface area contributed by atoms with Gasteiger partial charge in [0, 0.05) is 19.3 Å². The fourth-order valence-corrected chi connectivity index (χ4v) is 9.59. The molecule has 0 spiro atoms. The monoisotopic (exact) mass is 1120 g/mol. The van der Waals surface area contributed by atoms with Crippen molar-refractivity contribution in [2.45, 2.75) is 335 Å². The predicted molar refractivity (Wildman–Crippen MR) is 353 cm³/mol. The van der Waals surface area contributed by atoms with Crippen molar-refractivity contribution in [2.75, 3.05) is 13.2 Å². The highest BCUT2D eigenvalue weighted by molar-refractivity contribution is 5.71. The van der Waals surface area contributed by atoms with Crippen molar-refractivity contribution in [2.24, 2.45) is 0 Å². The van der Waals surface area contributed by atoms with Crippen molar-refractivity contribution < 1.29 is 28.6 Å². The highest BCUT2D eigenvalue weighted by Crippen LogP contribution is 2.16. The molecule has 0 aromatic carbocycles. The first-order valence-corrected chi connectivity index (χ1v) is 34.4. The van der Waals surface area contributed by atoms with Crippen LogP contribution in [0.25, 0.3) is 0 Å². The molecule has 6 nitrogen and oxygen atoms in total. The number of hydrogen-bond donors (Lipinski definition) is 0. The summed E-state index contributed by atoms with van der Waals surface area (Å²) >= 11 is 0. The number of allylic oxidation sites excluding steroid dienone is 18. The maximum Gasteiger partial charge on any atom is 0.306 e. The van der Waals surface area contributed by atoms with Crippen LogP contribution in [0.4, 0.5) is 0 Å². The van der Waals surface area contributed by atoms with Crippen LogP contribution >= 0.6 is 0 Å². The van der Waals surface area contributed by atoms with Gasteiger partial charge in [-0.3, -0.25) is 14.4 Å². The molecule has 0 radical (unpaired) electrons. The fourth-order valence-electron chi connectivity index (χ4n) is 9.59. The van der Waals surface area contributed by atoms with Gasteiger partial charge in [-0.25, -0.2) is 0 Å². The lowest BCUT2D eigenvalue weighted by molar-refractivity contribution is -0.167. The minimum atomic E-state index is -0.803. The largest absolute Gasteiger partial charge is 0.462 e. The number of hydrogen-bond acceptors (Lipinski definition) is 6. The van der Waals surface area contributed by atoms with Crippen LogP contribution in [0.3, 0.4) is 0 Å². The van der Waals surface area contributed by atoms with E-state index >= 15 is 0 Å². The first-order valence-electron chi connectivity index (χ1n) is 34.4. The Balaban J connectivity index is 4.45. The van der Waals surface area contributed by atoms with Crippen molar-refractivity contribution in [1.29, 1.82) is 0 Å². The maximum atomic E-state index is 13.0. The van der Waals surface area contributed by atoms with Crippen molar-refractivity contribution >= 4 is 17.9 Å². The predicted octanol–water partition coefficient (Wildman–Crippen LogP) is 23.8. The second kappa shape index (κ2) is 68.6. The SMILES string of the molecule is CC/C=C\C/C=C\C/C=C\C/C=C\C/C=C\CCCCCC(=O)OCC(COC(=O)CCCCCCCCCCCCC/C=C\CCCCCCCCCC)OC(=O)CCCCCCCC/C=C\C/C=C\C/C=C\CCCCCCC. The summed E-state index contributed by atoms with van der Waals surface area (Å²) in [6.45, 7) is 6.51. The quantitative estimate of drug-likeness (QED) is 0.0261. The average molecular weight is 1130 g/mol. The average Bonchev–Trinajstić information content (AvgIpc) is 3.47. The van der Waals surface area contributed by atoms with Crippen LogP contribution in [0.1, 0.15) is 329 Å². The van der Waals surface area contributed by atoms with Crippen molar-refractivity contribution in [3.63, 3.8) is 0 Å². The van der Waals surface area contributed by atoms with Crippen molar-refractivity contribution in [3.8, 4) is 0 Å². The zero-order valence-electron chi connectivity index (χ0n) is 53.3. The molecule has 0 aliphatic carbocycles. The van der Waals surface area contributed by atoms with Gasteiger partial charge >= 0.3 is 17.9 Å². The van der Waals surface area contributed by atoms with E-state index in [1.807, 2.05) is 0 Å². The summed E-state index contributed by atoms with van der Waals surface area (Å²) in [5, 5.41) is 0. The van der Waals surface area contributed by atoms with Crippen molar-refractivity contribution in [3.05, 3.63) is 109 Å². The third-order valence-electron chi connectivity index (χ3n) is 14.7. The lowest BCUT2D eigenvalue weighted by Gasteiger charge is -2.18. The molecular formula is C75H128O6. The molecule has 464 valence electrons. The Morgan fingerprint density at radius 1 is 0.259 bits per heavy atom. The van der Waals surface area contributed by atoms with E-state index in [0.717, 1.165) is 122 Å². The number of unbranched alkanes of at least 4 members (excludes halogenated alkanes) is 33. The normalized spacial score (nSPS) is 12.8. The summed E-state index contributed by atoms with van der Waals surface area (Å²) in [4.78, 5) is 38.4. The smallest absolute Gasteiger partial charge is 0.306 e. The summed E-state index contributed by atoms with van der Waals surface area (Å²) < 4.78 is 16.9. The second-order valence-corrected chi connectivity index (χ2v) is 22.7. The second-order valence-electron chi connectivity index (χ2n) is 22.7. The van der Waals surface area contributed by atoms with Gasteiger partial charge in [-0.2, -0.15) is 0 Å². The third-order valence-corrected chi connectivity index (χ3v) is 14.7. The van der Waals surface area contributed by atoms with Crippen molar-refractivity contribution in [1.82, 2.24) is 0 Å². The van der Waals surface area contributed by atoms with Gasteiger partial charge in [0.05, 0.1) is 0 Å². The number of carbonyl (C=O) groups excluding carboxylic acids is 3. The van der Waals surface area contributed by atoms with Gasteiger partial charge in [0.2, 0.25) is 0 Å². The topological polar surface area (TPSA) is 78.9 Å². The van der Waals surface area contributed by atoms with Crippen LogP contribution in [0.15, 0.2) is 109 Å². The molecule has 1 unspecified atom stereocenters. The van der Waals surface area contributed by atoms with Crippen LogP contribution in [0.5, 0.6) is 0 Å². The van der Waals surface area contributed by atoms with E-state index in [1.165, 1.54) is 167 Å². The van der Waals surface area contributed by atoms with E-state index < -0.39 is 6.10 Å². The summed E-state index contributed by atoms with van der Waals surface area (Å²) in [7, 11) is 0. The molecule has 0 heterocycles. The van der Waals surface area contributed by atoms with Gasteiger partial charge in [-0.05, 0) is 128 Å². The molecule has 1 atom stereocenters. The third kappa shape index (κ3) is 66.8. The van der Waals surface area contributed by atoms with E-state index in [9.17, 15) is 14.4 Å². The van der Waals surface area contributed by atoms with Gasteiger partial charge in [-0.15, -0.1) is 0 Å². The Morgan fingerprint density at radius 3 is 0.778 bits per heavy atom. The van der Waals surface area contributed by atoms with Gasteiger partial charge in [0.25, 0.3) is 0 Å². The minimum absolute atomic E-state index is 0.0947. The lowest BCUT2D eigenvalue weighted by Crippen LogP contribution is -2.30. The first kappa shape index (κ1) is 77.1. The molecule has 0 N–H and O–H groups in total. The molecule has 0 bridgehead atoms. The molecule has 0 amide bonds. The van der Waals surface area contributed by atoms with Crippen LogP contribution in [-0.2, 0) is 28.6 Å². The lowest BCUT2D eigenvalue weighted by atomic mass is 10.0. The fraction of sp³-hybridized carbons (Fsp3) is 0.720. The molecular weight excluding hydrogens is 997 g/mol. The number of rotatable bonds is 62. The van der Waals surface area contributed by atoms with E-state index in [1.54, 1.807) is 0 Å². The van der Waals surface area contributed by atoms with Gasteiger partial charge < -0.3 is 14.2 Å². The molecule has 0 saturated heterocycles. The Labute approximate surface area is 501 Å². The summed E-state index contributed by atoms with van der Waals surface area (Å²) in [5.74, 6) is -0.931. The summed E-state index contributed by atoms with van der Waals surface area (Å²) in [6, 6.07) is 0. The maximum absolute atomic E-state index is 13.0. The van der Waals surface area contributed by atoms with Gasteiger partial charge in [0.15, 0.2) is 6.10 Å². The van der Waals surface area contributed by atoms with E-state index in [4.69, 9.17) is 14.2 Å². The molecule has 6 heteroatoms. The molecule has 0 aromatic rings. The van der Waals surface area contributed by atoms with Crippen LogP contribution < -0.4 is 0 Å². The number of esters is 3. The highest BCUT2D eigenvalue weighted by atomic mass is 16.6. The van der Waals surface area contributed by atoms with Crippen LogP contribution in [0.2, 0.25) is 0 Å². The molecule has 0 aliphatic heterocycles. The molecule has 81 heavy (non-hydrogen) atoms. The summed E-state index contributed by atoms with van der Waals surface area (Å²) in [6.07, 6.45) is 93.9. The molecule has 0 fully saturated rings. The van der Waals surface area contributed by atoms with E-state index in [-0.39, 0.29) is 31.1 Å². The summed E-state index contributed by atoms with van der Waals surface area (Å²) in [5.41, 5.74) is 0. The van der Waals surface area contributed by atoms with E-state index in [2.05, 4.69) is 130 Å². The molecule has 0 saturated carbocycles. The molecule has 0 aliphatic rings. The van der Waals surface area contributed by atoms with Gasteiger partial charge in [0.1, 0.15) is 13.2 Å².